The number of nitriles is 1. The smallest absolute Gasteiger partial charge is 0.213 e. The Hall–Kier alpha value is -4.12. The first kappa shape index (κ1) is 20.5. The zero-order valence-electron chi connectivity index (χ0n) is 18.8. The van der Waals surface area contributed by atoms with Crippen LogP contribution in [-0.4, -0.2) is 45.4 Å². The van der Waals surface area contributed by atoms with E-state index in [0.29, 0.717) is 35.6 Å². The molecule has 3 aliphatic rings. The number of rotatable bonds is 6. The first-order valence-electron chi connectivity index (χ1n) is 11.6. The lowest BCUT2D eigenvalue weighted by atomic mass is 9.68. The van der Waals surface area contributed by atoms with E-state index in [-0.39, 0.29) is 6.10 Å². The summed E-state index contributed by atoms with van der Waals surface area (Å²) in [6.45, 7) is 4.34. The second-order valence-electron chi connectivity index (χ2n) is 8.80. The molecule has 4 aromatic rings. The molecule has 7 rings (SSSR count). The summed E-state index contributed by atoms with van der Waals surface area (Å²) < 4.78 is 13.6. The molecule has 0 radical (unpaired) electrons. The fourth-order valence-corrected chi connectivity index (χ4v) is 5.16. The van der Waals surface area contributed by atoms with Crippen molar-refractivity contribution in [2.24, 2.45) is 11.8 Å². The van der Waals surface area contributed by atoms with Crippen molar-refractivity contribution in [3.63, 3.8) is 0 Å². The van der Waals surface area contributed by atoms with E-state index in [9.17, 15) is 5.26 Å². The molecule has 6 heterocycles. The molecule has 2 saturated heterocycles. The standard InChI is InChI=1S/C26H24N6O2/c1-2-33-21-10-22(25-20(11-27)13-30-32(25)16-21)17-6-7-23(29-12-17)31-14-18-9-19(15-31)26(18)34-24-5-3-4-8-28-24/h3-8,10,12-13,16,18-19,26H,2,9,14-15H2,1H3/t18-,19?,26+/m1/s1. The largest absolute Gasteiger partial charge is 0.492 e. The van der Waals surface area contributed by atoms with Gasteiger partial charge in [0.05, 0.1) is 30.1 Å². The van der Waals surface area contributed by atoms with Crippen molar-refractivity contribution >= 4 is 11.3 Å². The predicted molar refractivity (Wildman–Crippen MR) is 127 cm³/mol. The quantitative estimate of drug-likeness (QED) is 0.437. The molecule has 1 aliphatic carbocycles. The van der Waals surface area contributed by atoms with Crippen LogP contribution in [0.25, 0.3) is 16.6 Å². The van der Waals surface area contributed by atoms with Crippen LogP contribution in [0.15, 0.2) is 61.2 Å². The van der Waals surface area contributed by atoms with Gasteiger partial charge in [-0.2, -0.15) is 10.4 Å². The van der Waals surface area contributed by atoms with Gasteiger partial charge < -0.3 is 14.4 Å². The lowest BCUT2D eigenvalue weighted by Crippen LogP contribution is -2.60. The van der Waals surface area contributed by atoms with Crippen molar-refractivity contribution in [1.82, 2.24) is 19.6 Å². The molecule has 1 saturated carbocycles. The van der Waals surface area contributed by atoms with Gasteiger partial charge in [0.25, 0.3) is 0 Å². The van der Waals surface area contributed by atoms with Crippen LogP contribution in [0.2, 0.25) is 0 Å². The van der Waals surface area contributed by atoms with Gasteiger partial charge in [-0.15, -0.1) is 0 Å². The van der Waals surface area contributed by atoms with Crippen molar-refractivity contribution in [2.75, 3.05) is 24.6 Å². The number of nitrogens with zero attached hydrogens (tertiary/aromatic N) is 6. The molecule has 0 N–H and O–H groups in total. The molecule has 3 fully saturated rings. The summed E-state index contributed by atoms with van der Waals surface area (Å²) in [4.78, 5) is 11.4. The molecule has 2 aliphatic heterocycles. The van der Waals surface area contributed by atoms with E-state index in [1.165, 1.54) is 6.42 Å². The Kier molecular flexibility index (Phi) is 5.02. The summed E-state index contributed by atoms with van der Waals surface area (Å²) in [6.07, 6.45) is 8.44. The predicted octanol–water partition coefficient (Wildman–Crippen LogP) is 3.97. The van der Waals surface area contributed by atoms with Crippen LogP contribution >= 0.6 is 0 Å². The topological polar surface area (TPSA) is 88.6 Å². The van der Waals surface area contributed by atoms with Crippen LogP contribution < -0.4 is 14.4 Å². The van der Waals surface area contributed by atoms with E-state index in [4.69, 9.17) is 14.5 Å². The molecule has 2 bridgehead atoms. The Morgan fingerprint density at radius 2 is 2.00 bits per heavy atom. The van der Waals surface area contributed by atoms with Crippen LogP contribution in [0.3, 0.4) is 0 Å². The van der Waals surface area contributed by atoms with Gasteiger partial charge in [0.1, 0.15) is 23.7 Å². The number of piperidine rings is 2. The SMILES string of the molecule is CCOc1cc(-c2ccc(N3CC4C[C@H](C3)[C@@H]4Oc3ccccn3)nc2)c2c(C#N)cnn2c1. The third kappa shape index (κ3) is 3.50. The lowest BCUT2D eigenvalue weighted by Gasteiger charge is -2.53. The van der Waals surface area contributed by atoms with E-state index < -0.39 is 0 Å². The Morgan fingerprint density at radius 1 is 1.12 bits per heavy atom. The van der Waals surface area contributed by atoms with Gasteiger partial charge in [-0.3, -0.25) is 0 Å². The molecular formula is C26H24N6O2. The van der Waals surface area contributed by atoms with E-state index in [1.807, 2.05) is 37.4 Å². The third-order valence-electron chi connectivity index (χ3n) is 6.74. The second kappa shape index (κ2) is 8.34. The monoisotopic (exact) mass is 452 g/mol. The zero-order valence-corrected chi connectivity index (χ0v) is 18.8. The fourth-order valence-electron chi connectivity index (χ4n) is 5.16. The maximum Gasteiger partial charge on any atom is 0.213 e. The first-order valence-corrected chi connectivity index (χ1v) is 11.6. The normalized spacial score (nSPS) is 21.1. The minimum absolute atomic E-state index is 0.228. The van der Waals surface area contributed by atoms with Gasteiger partial charge in [0, 0.05) is 54.5 Å². The van der Waals surface area contributed by atoms with E-state index in [2.05, 4.69) is 33.2 Å². The van der Waals surface area contributed by atoms with Crippen molar-refractivity contribution in [3.8, 4) is 28.8 Å². The molecule has 3 atom stereocenters. The summed E-state index contributed by atoms with van der Waals surface area (Å²) in [5.41, 5.74) is 3.08. The molecule has 34 heavy (non-hydrogen) atoms. The van der Waals surface area contributed by atoms with Crippen LogP contribution in [0, 0.1) is 23.2 Å². The number of hydrogen-bond donors (Lipinski definition) is 0. The van der Waals surface area contributed by atoms with E-state index in [0.717, 1.165) is 35.6 Å². The molecule has 0 spiro atoms. The average Bonchev–Trinajstić information content (AvgIpc) is 3.31. The van der Waals surface area contributed by atoms with Gasteiger partial charge in [-0.1, -0.05) is 6.07 Å². The number of hydrogen-bond acceptors (Lipinski definition) is 7. The summed E-state index contributed by atoms with van der Waals surface area (Å²) in [5, 5.41) is 13.9. The molecule has 170 valence electrons. The molecule has 8 heteroatoms. The highest BCUT2D eigenvalue weighted by Crippen LogP contribution is 2.43. The highest BCUT2D eigenvalue weighted by atomic mass is 16.5. The Bertz CT molecular complexity index is 1350. The van der Waals surface area contributed by atoms with Crippen molar-refractivity contribution in [3.05, 3.63) is 66.7 Å². The minimum atomic E-state index is 0.228. The first-order chi connectivity index (χ1) is 16.7. The molecule has 1 unspecified atom stereocenters. The molecule has 4 aromatic heterocycles. The molecule has 0 aromatic carbocycles. The Morgan fingerprint density at radius 3 is 2.71 bits per heavy atom. The second-order valence-corrected chi connectivity index (χ2v) is 8.80. The lowest BCUT2D eigenvalue weighted by molar-refractivity contribution is -0.0367. The number of anilines is 1. The van der Waals surface area contributed by atoms with Crippen LogP contribution in [-0.2, 0) is 0 Å². The van der Waals surface area contributed by atoms with Crippen molar-refractivity contribution in [2.45, 2.75) is 19.4 Å². The summed E-state index contributed by atoms with van der Waals surface area (Å²) in [6, 6.07) is 14.1. The highest BCUT2D eigenvalue weighted by molar-refractivity contribution is 5.85. The number of pyridine rings is 3. The van der Waals surface area contributed by atoms with Crippen molar-refractivity contribution < 1.29 is 9.47 Å². The van der Waals surface area contributed by atoms with Gasteiger partial charge in [0.2, 0.25) is 5.88 Å². The molecular weight excluding hydrogens is 428 g/mol. The third-order valence-corrected chi connectivity index (χ3v) is 6.74. The average molecular weight is 453 g/mol. The van der Waals surface area contributed by atoms with E-state index in [1.54, 1.807) is 23.1 Å². The summed E-state index contributed by atoms with van der Waals surface area (Å²) in [5.74, 6) is 3.33. The maximum absolute atomic E-state index is 9.56. The minimum Gasteiger partial charge on any atom is -0.492 e. The molecule has 8 nitrogen and oxygen atoms in total. The van der Waals surface area contributed by atoms with Crippen molar-refractivity contribution in [1.29, 1.82) is 5.26 Å². The van der Waals surface area contributed by atoms with Crippen LogP contribution in [0.5, 0.6) is 11.6 Å². The maximum atomic E-state index is 9.56. The van der Waals surface area contributed by atoms with Gasteiger partial charge in [0.15, 0.2) is 0 Å². The number of aromatic nitrogens is 4. The zero-order chi connectivity index (χ0) is 23.1. The Labute approximate surface area is 197 Å². The fraction of sp³-hybridized carbons (Fsp3) is 0.308. The highest BCUT2D eigenvalue weighted by Gasteiger charge is 2.48. The summed E-state index contributed by atoms with van der Waals surface area (Å²) >= 11 is 0. The van der Waals surface area contributed by atoms with Gasteiger partial charge >= 0.3 is 0 Å². The Balaban J connectivity index is 1.23. The van der Waals surface area contributed by atoms with E-state index >= 15 is 0 Å². The number of ether oxygens (including phenoxy) is 2. The summed E-state index contributed by atoms with van der Waals surface area (Å²) in [7, 11) is 0. The number of fused-ring (bicyclic) bond motifs is 3. The van der Waals surface area contributed by atoms with Crippen LogP contribution in [0.1, 0.15) is 18.9 Å². The van der Waals surface area contributed by atoms with Gasteiger partial charge in [-0.05, 0) is 37.6 Å². The van der Waals surface area contributed by atoms with Crippen LogP contribution in [0.4, 0.5) is 5.82 Å². The van der Waals surface area contributed by atoms with Gasteiger partial charge in [-0.25, -0.2) is 14.5 Å². The molecule has 0 amide bonds.